The van der Waals surface area contributed by atoms with Crippen molar-refractivity contribution in [3.05, 3.63) is 58.6 Å². The molecule has 0 atom stereocenters. The summed E-state index contributed by atoms with van der Waals surface area (Å²) in [6.07, 6.45) is 3.21. The Morgan fingerprint density at radius 2 is 1.96 bits per heavy atom. The van der Waals surface area contributed by atoms with Gasteiger partial charge in [0, 0.05) is 16.8 Å². The number of hydrogen-bond donors (Lipinski definition) is 1. The molecule has 2 aromatic rings. The number of rotatable bonds is 3. The first-order valence-electron chi connectivity index (χ1n) is 7.27. The van der Waals surface area contributed by atoms with Gasteiger partial charge in [0.1, 0.15) is 13.2 Å². The number of amides is 1. The molecular weight excluding hydrogens is 314 g/mol. The smallest absolute Gasteiger partial charge is 0.248 e. The van der Waals surface area contributed by atoms with Crippen LogP contribution < -0.4 is 14.8 Å². The number of carbonyl (C=O) groups is 1. The van der Waals surface area contributed by atoms with Crippen molar-refractivity contribution in [1.82, 2.24) is 0 Å². The molecule has 5 heteroatoms. The third kappa shape index (κ3) is 3.66. The number of nitrogens with one attached hydrogen (secondary N) is 1. The fraction of sp³-hybridized carbons (Fsp3) is 0.167. The van der Waals surface area contributed by atoms with Crippen LogP contribution in [0.25, 0.3) is 6.08 Å². The van der Waals surface area contributed by atoms with Gasteiger partial charge in [-0.05, 0) is 48.4 Å². The quantitative estimate of drug-likeness (QED) is 0.863. The Morgan fingerprint density at radius 1 is 1.17 bits per heavy atom. The second-order valence-corrected chi connectivity index (χ2v) is 5.55. The van der Waals surface area contributed by atoms with Gasteiger partial charge in [0.05, 0.1) is 0 Å². The average Bonchev–Trinajstić information content (AvgIpc) is 2.57. The molecule has 3 rings (SSSR count). The molecule has 0 aliphatic carbocycles. The highest BCUT2D eigenvalue weighted by Gasteiger charge is 2.11. The van der Waals surface area contributed by atoms with Gasteiger partial charge < -0.3 is 14.8 Å². The van der Waals surface area contributed by atoms with Gasteiger partial charge in [0.25, 0.3) is 0 Å². The van der Waals surface area contributed by atoms with Crippen molar-refractivity contribution in [2.45, 2.75) is 6.92 Å². The van der Waals surface area contributed by atoms with Gasteiger partial charge in [-0.15, -0.1) is 0 Å². The minimum absolute atomic E-state index is 0.217. The van der Waals surface area contributed by atoms with Crippen molar-refractivity contribution in [1.29, 1.82) is 0 Å². The van der Waals surface area contributed by atoms with E-state index in [0.29, 0.717) is 29.7 Å². The summed E-state index contributed by atoms with van der Waals surface area (Å²) in [7, 11) is 0. The number of hydrogen-bond acceptors (Lipinski definition) is 3. The summed E-state index contributed by atoms with van der Waals surface area (Å²) in [5.41, 5.74) is 2.41. The van der Waals surface area contributed by atoms with E-state index in [9.17, 15) is 4.79 Å². The first-order valence-corrected chi connectivity index (χ1v) is 7.65. The molecule has 0 saturated carbocycles. The van der Waals surface area contributed by atoms with E-state index >= 15 is 0 Å². The predicted octanol–water partition coefficient (Wildman–Crippen LogP) is 4.07. The lowest BCUT2D eigenvalue weighted by atomic mass is 10.1. The number of carbonyl (C=O) groups excluding carboxylic acids is 1. The Labute approximate surface area is 139 Å². The van der Waals surface area contributed by atoms with Gasteiger partial charge in [0.2, 0.25) is 5.91 Å². The van der Waals surface area contributed by atoms with Crippen molar-refractivity contribution in [2.24, 2.45) is 0 Å². The van der Waals surface area contributed by atoms with Crippen molar-refractivity contribution >= 4 is 29.3 Å². The lowest BCUT2D eigenvalue weighted by molar-refractivity contribution is -0.111. The minimum Gasteiger partial charge on any atom is -0.486 e. The Morgan fingerprint density at radius 3 is 2.78 bits per heavy atom. The summed E-state index contributed by atoms with van der Waals surface area (Å²) in [6, 6.07) is 11.0. The molecule has 4 nitrogen and oxygen atoms in total. The van der Waals surface area contributed by atoms with E-state index in [2.05, 4.69) is 5.32 Å². The molecule has 23 heavy (non-hydrogen) atoms. The third-order valence-electron chi connectivity index (χ3n) is 3.52. The molecule has 1 N–H and O–H groups in total. The van der Waals surface area contributed by atoms with Crippen LogP contribution in [0, 0.1) is 6.92 Å². The normalized spacial score (nSPS) is 13.1. The van der Waals surface area contributed by atoms with E-state index in [0.717, 1.165) is 16.9 Å². The van der Waals surface area contributed by atoms with E-state index in [1.165, 1.54) is 6.08 Å². The van der Waals surface area contributed by atoms with Crippen LogP contribution in [0.5, 0.6) is 11.5 Å². The third-order valence-corrected chi connectivity index (χ3v) is 3.93. The van der Waals surface area contributed by atoms with Crippen LogP contribution in [-0.2, 0) is 4.79 Å². The number of benzene rings is 2. The molecule has 118 valence electrons. The Hall–Kier alpha value is -2.46. The molecule has 1 aliphatic rings. The fourth-order valence-electron chi connectivity index (χ4n) is 2.25. The van der Waals surface area contributed by atoms with Gasteiger partial charge in [-0.25, -0.2) is 0 Å². The highest BCUT2D eigenvalue weighted by atomic mass is 35.5. The minimum atomic E-state index is -0.217. The van der Waals surface area contributed by atoms with E-state index < -0.39 is 0 Å². The zero-order valence-electron chi connectivity index (χ0n) is 12.6. The molecule has 1 heterocycles. The van der Waals surface area contributed by atoms with Crippen LogP contribution in [0.15, 0.2) is 42.5 Å². The predicted molar refractivity (Wildman–Crippen MR) is 91.3 cm³/mol. The number of halogens is 1. The van der Waals surface area contributed by atoms with Gasteiger partial charge in [-0.1, -0.05) is 23.7 Å². The Bertz CT molecular complexity index is 771. The summed E-state index contributed by atoms with van der Waals surface area (Å²) in [5, 5.41) is 3.44. The summed E-state index contributed by atoms with van der Waals surface area (Å²) in [4.78, 5) is 12.0. The number of fused-ring (bicyclic) bond motifs is 1. The van der Waals surface area contributed by atoms with Crippen molar-refractivity contribution in [3.8, 4) is 11.5 Å². The maximum atomic E-state index is 12.0. The van der Waals surface area contributed by atoms with Crippen LogP contribution >= 0.6 is 11.6 Å². The summed E-state index contributed by atoms with van der Waals surface area (Å²) < 4.78 is 11.0. The van der Waals surface area contributed by atoms with Gasteiger partial charge in [0.15, 0.2) is 11.5 Å². The van der Waals surface area contributed by atoms with E-state index in [1.807, 2.05) is 31.2 Å². The molecule has 0 saturated heterocycles. The lowest BCUT2D eigenvalue weighted by Crippen LogP contribution is -2.15. The largest absolute Gasteiger partial charge is 0.486 e. The van der Waals surface area contributed by atoms with E-state index in [1.54, 1.807) is 18.2 Å². The molecule has 1 amide bonds. The molecule has 0 fully saturated rings. The highest BCUT2D eigenvalue weighted by Crippen LogP contribution is 2.31. The first kappa shape index (κ1) is 15.4. The molecule has 0 radical (unpaired) electrons. The topological polar surface area (TPSA) is 47.6 Å². The van der Waals surface area contributed by atoms with Gasteiger partial charge in [-0.3, -0.25) is 4.79 Å². The summed E-state index contributed by atoms with van der Waals surface area (Å²) >= 11 is 6.04. The maximum absolute atomic E-state index is 12.0. The summed E-state index contributed by atoms with van der Waals surface area (Å²) in [6.45, 7) is 2.96. The van der Waals surface area contributed by atoms with Crippen LogP contribution in [0.2, 0.25) is 5.02 Å². The Kier molecular flexibility index (Phi) is 4.53. The van der Waals surface area contributed by atoms with Crippen LogP contribution in [0.3, 0.4) is 0 Å². The SMILES string of the molecule is Cc1c(Cl)cccc1NC(=O)/C=C/c1ccc2c(c1)OCCO2. The molecule has 2 aromatic carbocycles. The highest BCUT2D eigenvalue weighted by molar-refractivity contribution is 6.31. The zero-order valence-corrected chi connectivity index (χ0v) is 13.4. The molecule has 0 bridgehead atoms. The first-order chi connectivity index (χ1) is 11.1. The Balaban J connectivity index is 1.70. The molecule has 0 aromatic heterocycles. The zero-order chi connectivity index (χ0) is 16.2. The van der Waals surface area contributed by atoms with Crippen molar-refractivity contribution in [2.75, 3.05) is 18.5 Å². The van der Waals surface area contributed by atoms with E-state index in [4.69, 9.17) is 21.1 Å². The van der Waals surface area contributed by atoms with Gasteiger partial charge >= 0.3 is 0 Å². The summed E-state index contributed by atoms with van der Waals surface area (Å²) in [5.74, 6) is 1.21. The second kappa shape index (κ2) is 6.75. The molecule has 1 aliphatic heterocycles. The molecular formula is C18H16ClNO3. The molecule has 0 spiro atoms. The molecule has 0 unspecified atom stereocenters. The maximum Gasteiger partial charge on any atom is 0.248 e. The second-order valence-electron chi connectivity index (χ2n) is 5.14. The standard InChI is InChI=1S/C18H16ClNO3/c1-12-14(19)3-2-4-15(12)20-18(21)8-6-13-5-7-16-17(11-13)23-10-9-22-16/h2-8,11H,9-10H2,1H3,(H,20,21)/b8-6+. The van der Waals surface area contributed by atoms with Crippen molar-refractivity contribution in [3.63, 3.8) is 0 Å². The van der Waals surface area contributed by atoms with Crippen molar-refractivity contribution < 1.29 is 14.3 Å². The van der Waals surface area contributed by atoms with Crippen LogP contribution in [0.4, 0.5) is 5.69 Å². The monoisotopic (exact) mass is 329 g/mol. The lowest BCUT2D eigenvalue weighted by Gasteiger charge is -2.18. The van der Waals surface area contributed by atoms with Crippen LogP contribution in [-0.4, -0.2) is 19.1 Å². The van der Waals surface area contributed by atoms with E-state index in [-0.39, 0.29) is 5.91 Å². The van der Waals surface area contributed by atoms with Gasteiger partial charge in [-0.2, -0.15) is 0 Å². The number of ether oxygens (including phenoxy) is 2. The number of anilines is 1. The van der Waals surface area contributed by atoms with Crippen LogP contribution in [0.1, 0.15) is 11.1 Å². The average molecular weight is 330 g/mol. The fourth-order valence-corrected chi connectivity index (χ4v) is 2.43.